The molecule has 0 spiro atoms. The van der Waals surface area contributed by atoms with Gasteiger partial charge in [0, 0.05) is 15.6 Å². The highest BCUT2D eigenvalue weighted by Crippen LogP contribution is 2.32. The number of hydrogen-bond donors (Lipinski definition) is 0. The van der Waals surface area contributed by atoms with E-state index >= 15 is 0 Å². The Kier molecular flexibility index (Phi) is 9.40. The van der Waals surface area contributed by atoms with E-state index in [0.29, 0.717) is 48.8 Å². The smallest absolute Gasteiger partial charge is 0.338 e. The molecule has 0 aliphatic carbocycles. The number of rotatable bonds is 9. The van der Waals surface area contributed by atoms with Gasteiger partial charge in [-0.05, 0) is 81.3 Å². The summed E-state index contributed by atoms with van der Waals surface area (Å²) in [5.41, 5.74) is 2.99. The minimum atomic E-state index is -0.694. The molecule has 0 saturated carbocycles. The van der Waals surface area contributed by atoms with Crippen molar-refractivity contribution in [3.8, 4) is 11.5 Å². The summed E-state index contributed by atoms with van der Waals surface area (Å²) in [5.74, 6) is 0.860. The molecule has 3 aromatic carbocycles. The van der Waals surface area contributed by atoms with E-state index in [-0.39, 0.29) is 18.3 Å². The van der Waals surface area contributed by atoms with Gasteiger partial charge in [-0.1, -0.05) is 64.9 Å². The van der Waals surface area contributed by atoms with Gasteiger partial charge in [0.2, 0.25) is 0 Å². The number of allylic oxidation sites excluding steroid dienone is 1. The molecule has 5 rings (SSSR count). The molecule has 0 unspecified atom stereocenters. The lowest BCUT2D eigenvalue weighted by molar-refractivity contribution is -0.139. The van der Waals surface area contributed by atoms with Crippen LogP contribution in [0.25, 0.3) is 6.08 Å². The zero-order valence-corrected chi connectivity index (χ0v) is 26.4. The van der Waals surface area contributed by atoms with Crippen LogP contribution in [0.4, 0.5) is 0 Å². The molecule has 222 valence electrons. The van der Waals surface area contributed by atoms with Crippen LogP contribution >= 0.6 is 34.5 Å². The third kappa shape index (κ3) is 6.88. The van der Waals surface area contributed by atoms with Gasteiger partial charge in [-0.25, -0.2) is 9.79 Å². The number of benzene rings is 3. The van der Waals surface area contributed by atoms with Crippen molar-refractivity contribution in [2.75, 3.05) is 6.61 Å². The second kappa shape index (κ2) is 13.2. The van der Waals surface area contributed by atoms with Crippen molar-refractivity contribution in [1.82, 2.24) is 4.57 Å². The zero-order valence-electron chi connectivity index (χ0n) is 24.1. The molecular weight excluding hydrogens is 607 g/mol. The number of carbonyl (C=O) groups excluding carboxylic acids is 1. The standard InChI is InChI=1S/C33H30Cl2N2O5S/c1-5-40-32(39)29-20(4)36-33-37(30(29)22-9-14-26(15-10-22)42-19(2)3)31(38)28(43-33)16-21-6-12-25(13-7-21)41-18-23-8-11-24(34)17-27(23)35/h6-17,19,30H,5,18H2,1-4H3/b28-16-/t30-/m0/s1. The molecule has 0 radical (unpaired) electrons. The molecule has 10 heteroatoms. The zero-order chi connectivity index (χ0) is 30.7. The molecule has 0 N–H and O–H groups in total. The summed E-state index contributed by atoms with van der Waals surface area (Å²) in [6.45, 7) is 7.92. The van der Waals surface area contributed by atoms with Gasteiger partial charge in [0.05, 0.1) is 34.6 Å². The maximum Gasteiger partial charge on any atom is 0.338 e. The molecule has 1 atom stereocenters. The first-order chi connectivity index (χ1) is 20.6. The molecule has 1 aliphatic heterocycles. The molecule has 0 amide bonds. The first kappa shape index (κ1) is 30.6. The highest BCUT2D eigenvalue weighted by Gasteiger charge is 2.33. The number of esters is 1. The lowest BCUT2D eigenvalue weighted by Crippen LogP contribution is -2.39. The Morgan fingerprint density at radius 1 is 1.05 bits per heavy atom. The Bertz CT molecular complexity index is 1860. The topological polar surface area (TPSA) is 79.1 Å². The second-order valence-corrected chi connectivity index (χ2v) is 12.0. The third-order valence-electron chi connectivity index (χ3n) is 6.67. The molecule has 4 aromatic rings. The number of hydrogen-bond acceptors (Lipinski definition) is 7. The van der Waals surface area contributed by atoms with Crippen molar-refractivity contribution < 1.29 is 19.0 Å². The van der Waals surface area contributed by atoms with Crippen molar-refractivity contribution in [1.29, 1.82) is 0 Å². The Hall–Kier alpha value is -3.85. The predicted octanol–water partition coefficient (Wildman–Crippen LogP) is 6.47. The van der Waals surface area contributed by atoms with Gasteiger partial charge in [-0.2, -0.15) is 0 Å². The number of fused-ring (bicyclic) bond motifs is 1. The largest absolute Gasteiger partial charge is 0.491 e. The van der Waals surface area contributed by atoms with E-state index < -0.39 is 12.0 Å². The normalized spacial score (nSPS) is 14.9. The summed E-state index contributed by atoms with van der Waals surface area (Å²) in [5, 5.41) is 1.11. The fourth-order valence-electron chi connectivity index (χ4n) is 4.72. The molecule has 2 heterocycles. The fraction of sp³-hybridized carbons (Fsp3) is 0.242. The van der Waals surface area contributed by atoms with E-state index in [0.717, 1.165) is 16.7 Å². The predicted molar refractivity (Wildman–Crippen MR) is 170 cm³/mol. The highest BCUT2D eigenvalue weighted by molar-refractivity contribution is 7.07. The molecule has 7 nitrogen and oxygen atoms in total. The number of ether oxygens (including phenoxy) is 3. The Balaban J connectivity index is 1.48. The summed E-state index contributed by atoms with van der Waals surface area (Å²) < 4.78 is 19.1. The van der Waals surface area contributed by atoms with Crippen LogP contribution < -0.4 is 24.4 Å². The summed E-state index contributed by atoms with van der Waals surface area (Å²) in [6.07, 6.45) is 1.83. The van der Waals surface area contributed by atoms with Gasteiger partial charge in [0.15, 0.2) is 4.80 Å². The van der Waals surface area contributed by atoms with Gasteiger partial charge in [0.1, 0.15) is 18.1 Å². The van der Waals surface area contributed by atoms with Crippen LogP contribution in [0.5, 0.6) is 11.5 Å². The molecule has 0 saturated heterocycles. The van der Waals surface area contributed by atoms with Gasteiger partial charge >= 0.3 is 5.97 Å². The van der Waals surface area contributed by atoms with E-state index in [4.69, 9.17) is 37.4 Å². The van der Waals surface area contributed by atoms with Crippen LogP contribution in [0, 0.1) is 0 Å². The van der Waals surface area contributed by atoms with Gasteiger partial charge in [-0.15, -0.1) is 0 Å². The molecule has 1 aromatic heterocycles. The lowest BCUT2D eigenvalue weighted by Gasteiger charge is -2.25. The monoisotopic (exact) mass is 636 g/mol. The molecular formula is C33H30Cl2N2O5S. The minimum absolute atomic E-state index is 0.0170. The van der Waals surface area contributed by atoms with Crippen molar-refractivity contribution in [2.45, 2.75) is 46.4 Å². The average Bonchev–Trinajstić information content (AvgIpc) is 3.26. The number of halogens is 2. The maximum absolute atomic E-state index is 13.9. The third-order valence-corrected chi connectivity index (χ3v) is 8.24. The van der Waals surface area contributed by atoms with Crippen LogP contribution in [0.15, 0.2) is 87.8 Å². The fourth-order valence-corrected chi connectivity index (χ4v) is 6.23. The summed E-state index contributed by atoms with van der Waals surface area (Å²) in [7, 11) is 0. The van der Waals surface area contributed by atoms with Crippen LogP contribution in [0.1, 0.15) is 50.4 Å². The Labute approximate surface area is 263 Å². The van der Waals surface area contributed by atoms with Gasteiger partial charge in [0.25, 0.3) is 5.56 Å². The Morgan fingerprint density at radius 3 is 2.40 bits per heavy atom. The number of aromatic nitrogens is 1. The number of nitrogens with zero attached hydrogens (tertiary/aromatic N) is 2. The summed E-state index contributed by atoms with van der Waals surface area (Å²) in [6, 6.07) is 19.4. The van der Waals surface area contributed by atoms with Crippen molar-refractivity contribution in [3.05, 3.63) is 124 Å². The van der Waals surface area contributed by atoms with Crippen LogP contribution in [-0.2, 0) is 16.1 Å². The van der Waals surface area contributed by atoms with Crippen LogP contribution in [-0.4, -0.2) is 23.2 Å². The van der Waals surface area contributed by atoms with Gasteiger partial charge < -0.3 is 14.2 Å². The SMILES string of the molecule is CCOC(=O)C1=C(C)N=c2s/c(=C\c3ccc(OCc4ccc(Cl)cc4Cl)cc3)c(=O)n2[C@H]1c1ccc(OC(C)C)cc1. The first-order valence-corrected chi connectivity index (χ1v) is 15.3. The van der Waals surface area contributed by atoms with E-state index in [9.17, 15) is 9.59 Å². The number of carbonyl (C=O) groups is 1. The lowest BCUT2D eigenvalue weighted by atomic mass is 9.96. The molecule has 0 fully saturated rings. The van der Waals surface area contributed by atoms with Crippen molar-refractivity contribution >= 4 is 46.6 Å². The molecule has 1 aliphatic rings. The van der Waals surface area contributed by atoms with Crippen LogP contribution in [0.3, 0.4) is 0 Å². The second-order valence-electron chi connectivity index (χ2n) is 10.1. The van der Waals surface area contributed by atoms with E-state index in [1.165, 1.54) is 11.3 Å². The summed E-state index contributed by atoms with van der Waals surface area (Å²) in [4.78, 5) is 32.1. The molecule has 0 bridgehead atoms. The van der Waals surface area contributed by atoms with E-state index in [1.807, 2.05) is 74.5 Å². The van der Waals surface area contributed by atoms with Gasteiger partial charge in [-0.3, -0.25) is 9.36 Å². The average molecular weight is 638 g/mol. The van der Waals surface area contributed by atoms with Crippen LogP contribution in [0.2, 0.25) is 10.0 Å². The number of thiazole rings is 1. The molecule has 43 heavy (non-hydrogen) atoms. The van der Waals surface area contributed by atoms with Crippen molar-refractivity contribution in [3.63, 3.8) is 0 Å². The maximum atomic E-state index is 13.9. The highest BCUT2D eigenvalue weighted by atomic mass is 35.5. The quantitative estimate of drug-likeness (QED) is 0.197. The first-order valence-electron chi connectivity index (χ1n) is 13.8. The van der Waals surface area contributed by atoms with Crippen molar-refractivity contribution in [2.24, 2.45) is 4.99 Å². The van der Waals surface area contributed by atoms with E-state index in [1.54, 1.807) is 30.5 Å². The summed E-state index contributed by atoms with van der Waals surface area (Å²) >= 11 is 13.5. The Morgan fingerprint density at radius 2 is 1.74 bits per heavy atom. The van der Waals surface area contributed by atoms with E-state index in [2.05, 4.69) is 4.99 Å². The minimum Gasteiger partial charge on any atom is -0.491 e.